The minimum atomic E-state index is -0.141. The minimum absolute atomic E-state index is 0.141. The van der Waals surface area contributed by atoms with Crippen LogP contribution < -0.4 is 10.1 Å². The van der Waals surface area contributed by atoms with Gasteiger partial charge in [-0.3, -0.25) is 4.79 Å². The van der Waals surface area contributed by atoms with Crippen molar-refractivity contribution in [3.05, 3.63) is 84.0 Å². The van der Waals surface area contributed by atoms with Crippen molar-refractivity contribution < 1.29 is 9.53 Å². The number of amides is 1. The van der Waals surface area contributed by atoms with Gasteiger partial charge in [-0.25, -0.2) is 4.98 Å². The average Bonchev–Trinajstić information content (AvgIpc) is 3.11. The third-order valence-corrected chi connectivity index (χ3v) is 4.07. The lowest BCUT2D eigenvalue weighted by Crippen LogP contribution is -2.21. The minimum Gasteiger partial charge on any atom is -0.497 e. The number of rotatable bonds is 6. The molecule has 1 N–H and O–H groups in total. The van der Waals surface area contributed by atoms with Gasteiger partial charge in [-0.05, 0) is 42.3 Å². The maximum absolute atomic E-state index is 12.1. The van der Waals surface area contributed by atoms with Gasteiger partial charge in [-0.2, -0.15) is 0 Å². The van der Waals surface area contributed by atoms with E-state index >= 15 is 0 Å². The topological polar surface area (TPSA) is 56.1 Å². The zero-order valence-corrected chi connectivity index (χ0v) is 14.8. The Morgan fingerprint density at radius 3 is 2.65 bits per heavy atom. The lowest BCUT2D eigenvalue weighted by atomic mass is 10.1. The van der Waals surface area contributed by atoms with E-state index < -0.39 is 0 Å². The van der Waals surface area contributed by atoms with Crippen LogP contribution in [0.3, 0.4) is 0 Å². The Hall–Kier alpha value is -3.34. The number of hydrogen-bond acceptors (Lipinski definition) is 3. The standard InChI is InChI=1S/C21H21N3O2/c1-16-22-13-14-24(16)20-6-4-3-5-18(20)15-23-21(25)12-9-17-7-10-19(26-2)11-8-17/h3-14H,15H2,1-2H3,(H,23,25)/b12-9+. The first kappa shape index (κ1) is 17.5. The highest BCUT2D eigenvalue weighted by atomic mass is 16.5. The van der Waals surface area contributed by atoms with Crippen molar-refractivity contribution in [3.8, 4) is 11.4 Å². The fourth-order valence-electron chi connectivity index (χ4n) is 2.66. The second-order valence-corrected chi connectivity index (χ2v) is 5.80. The summed E-state index contributed by atoms with van der Waals surface area (Å²) < 4.78 is 7.13. The normalized spacial score (nSPS) is 10.8. The van der Waals surface area contributed by atoms with Crippen molar-refractivity contribution in [1.82, 2.24) is 14.9 Å². The molecule has 1 heterocycles. The molecule has 1 amide bonds. The SMILES string of the molecule is COc1ccc(/C=C/C(=O)NCc2ccccc2-n2ccnc2C)cc1. The number of hydrogen-bond donors (Lipinski definition) is 1. The maximum atomic E-state index is 12.1. The third kappa shape index (κ3) is 4.19. The second-order valence-electron chi connectivity index (χ2n) is 5.80. The molecule has 3 rings (SSSR count). The van der Waals surface area contributed by atoms with Gasteiger partial charge < -0.3 is 14.6 Å². The predicted octanol–water partition coefficient (Wildman–Crippen LogP) is 3.52. The van der Waals surface area contributed by atoms with E-state index in [0.717, 1.165) is 28.4 Å². The van der Waals surface area contributed by atoms with E-state index in [1.54, 1.807) is 19.4 Å². The first-order chi connectivity index (χ1) is 12.7. The molecule has 0 spiro atoms. The van der Waals surface area contributed by atoms with Gasteiger partial charge in [-0.1, -0.05) is 30.3 Å². The molecule has 0 saturated heterocycles. The number of para-hydroxylation sites is 1. The molecule has 0 saturated carbocycles. The summed E-state index contributed by atoms with van der Waals surface area (Å²) in [5, 5.41) is 2.93. The predicted molar refractivity (Wildman–Crippen MR) is 102 cm³/mol. The van der Waals surface area contributed by atoms with Gasteiger partial charge in [0, 0.05) is 25.0 Å². The molecule has 0 unspecified atom stereocenters. The summed E-state index contributed by atoms with van der Waals surface area (Å²) in [5.41, 5.74) is 2.98. The number of benzene rings is 2. The van der Waals surface area contributed by atoms with Crippen LogP contribution in [0.5, 0.6) is 5.75 Å². The third-order valence-electron chi connectivity index (χ3n) is 4.07. The summed E-state index contributed by atoms with van der Waals surface area (Å²) in [7, 11) is 1.63. The van der Waals surface area contributed by atoms with Gasteiger partial charge in [-0.15, -0.1) is 0 Å². The van der Waals surface area contributed by atoms with Crippen molar-refractivity contribution in [2.24, 2.45) is 0 Å². The van der Waals surface area contributed by atoms with Gasteiger partial charge in [0.2, 0.25) is 5.91 Å². The second kappa shape index (κ2) is 8.16. The number of carbonyl (C=O) groups excluding carboxylic acids is 1. The highest BCUT2D eigenvalue weighted by Gasteiger charge is 2.07. The van der Waals surface area contributed by atoms with Gasteiger partial charge in [0.15, 0.2) is 0 Å². The van der Waals surface area contributed by atoms with Crippen LogP contribution in [-0.4, -0.2) is 22.6 Å². The van der Waals surface area contributed by atoms with Crippen LogP contribution in [0, 0.1) is 6.92 Å². The molecule has 1 aromatic heterocycles. The molecule has 132 valence electrons. The molecule has 5 nitrogen and oxygen atoms in total. The largest absolute Gasteiger partial charge is 0.497 e. The van der Waals surface area contributed by atoms with Crippen molar-refractivity contribution in [2.75, 3.05) is 7.11 Å². The number of methoxy groups -OCH3 is 1. The summed E-state index contributed by atoms with van der Waals surface area (Å²) in [6.07, 6.45) is 7.00. The first-order valence-corrected chi connectivity index (χ1v) is 8.35. The van der Waals surface area contributed by atoms with Crippen LogP contribution in [0.15, 0.2) is 67.0 Å². The van der Waals surface area contributed by atoms with Crippen LogP contribution in [0.1, 0.15) is 17.0 Å². The monoisotopic (exact) mass is 347 g/mol. The Morgan fingerprint density at radius 2 is 1.96 bits per heavy atom. The van der Waals surface area contributed by atoms with Crippen molar-refractivity contribution >= 4 is 12.0 Å². The molecule has 0 aliphatic rings. The van der Waals surface area contributed by atoms with Gasteiger partial charge >= 0.3 is 0 Å². The summed E-state index contributed by atoms with van der Waals surface area (Å²) >= 11 is 0. The van der Waals surface area contributed by atoms with E-state index in [4.69, 9.17) is 4.74 Å². The summed E-state index contributed by atoms with van der Waals surface area (Å²) in [4.78, 5) is 16.4. The van der Waals surface area contributed by atoms with Crippen LogP contribution in [0.2, 0.25) is 0 Å². The number of ether oxygens (including phenoxy) is 1. The zero-order chi connectivity index (χ0) is 18.4. The van der Waals surface area contributed by atoms with E-state index in [9.17, 15) is 4.79 Å². The maximum Gasteiger partial charge on any atom is 0.244 e. The number of aromatic nitrogens is 2. The fraction of sp³-hybridized carbons (Fsp3) is 0.143. The Kier molecular flexibility index (Phi) is 5.49. The molecule has 0 radical (unpaired) electrons. The summed E-state index contributed by atoms with van der Waals surface area (Å²) in [6, 6.07) is 15.5. The molecule has 3 aromatic rings. The molecule has 0 atom stereocenters. The highest BCUT2D eigenvalue weighted by Crippen LogP contribution is 2.16. The molecule has 2 aromatic carbocycles. The molecule has 0 bridgehead atoms. The average molecular weight is 347 g/mol. The molecule has 0 fully saturated rings. The van der Waals surface area contributed by atoms with Gasteiger partial charge in [0.1, 0.15) is 11.6 Å². The van der Waals surface area contributed by atoms with Crippen molar-refractivity contribution in [2.45, 2.75) is 13.5 Å². The molecular formula is C21H21N3O2. The van der Waals surface area contributed by atoms with E-state index in [-0.39, 0.29) is 5.91 Å². The Bertz CT molecular complexity index is 911. The van der Waals surface area contributed by atoms with Crippen LogP contribution in [-0.2, 0) is 11.3 Å². The molecule has 0 aliphatic heterocycles. The van der Waals surface area contributed by atoms with Crippen LogP contribution >= 0.6 is 0 Å². The number of nitrogens with zero attached hydrogens (tertiary/aromatic N) is 2. The van der Waals surface area contributed by atoms with Crippen LogP contribution in [0.25, 0.3) is 11.8 Å². The quantitative estimate of drug-likeness (QED) is 0.694. The Morgan fingerprint density at radius 1 is 1.19 bits per heavy atom. The number of nitrogens with one attached hydrogen (secondary N) is 1. The highest BCUT2D eigenvalue weighted by molar-refractivity contribution is 5.91. The lowest BCUT2D eigenvalue weighted by molar-refractivity contribution is -0.116. The van der Waals surface area contributed by atoms with E-state index in [0.29, 0.717) is 6.54 Å². The van der Waals surface area contributed by atoms with Gasteiger partial charge in [0.05, 0.1) is 12.8 Å². The van der Waals surface area contributed by atoms with Gasteiger partial charge in [0.25, 0.3) is 0 Å². The zero-order valence-electron chi connectivity index (χ0n) is 14.8. The summed E-state index contributed by atoms with van der Waals surface area (Å²) in [5.74, 6) is 1.55. The molecule has 0 aliphatic carbocycles. The molecular weight excluding hydrogens is 326 g/mol. The Balaban J connectivity index is 1.65. The van der Waals surface area contributed by atoms with E-state index in [1.165, 1.54) is 6.08 Å². The first-order valence-electron chi connectivity index (χ1n) is 8.35. The Labute approximate surface area is 153 Å². The van der Waals surface area contributed by atoms with Crippen LogP contribution in [0.4, 0.5) is 0 Å². The lowest BCUT2D eigenvalue weighted by Gasteiger charge is -2.12. The van der Waals surface area contributed by atoms with Crippen molar-refractivity contribution in [1.29, 1.82) is 0 Å². The summed E-state index contributed by atoms with van der Waals surface area (Å²) in [6.45, 7) is 2.40. The smallest absolute Gasteiger partial charge is 0.244 e. The fourth-order valence-corrected chi connectivity index (χ4v) is 2.66. The molecule has 5 heteroatoms. The van der Waals surface area contributed by atoms with E-state index in [2.05, 4.69) is 10.3 Å². The van der Waals surface area contributed by atoms with E-state index in [1.807, 2.05) is 66.2 Å². The number of carbonyl (C=O) groups is 1. The number of imidazole rings is 1. The molecule has 26 heavy (non-hydrogen) atoms. The van der Waals surface area contributed by atoms with Crippen molar-refractivity contribution in [3.63, 3.8) is 0 Å². The number of aryl methyl sites for hydroxylation is 1.